The van der Waals surface area contributed by atoms with E-state index in [1.54, 1.807) is 0 Å². The van der Waals surface area contributed by atoms with E-state index in [1.807, 2.05) is 31.2 Å². The first-order valence-corrected chi connectivity index (χ1v) is 6.57. The number of hydrogen-bond acceptors (Lipinski definition) is 5. The van der Waals surface area contributed by atoms with Crippen molar-refractivity contribution in [2.75, 3.05) is 6.61 Å². The van der Waals surface area contributed by atoms with Crippen LogP contribution in [0.15, 0.2) is 34.5 Å². The van der Waals surface area contributed by atoms with E-state index in [9.17, 15) is 9.59 Å². The van der Waals surface area contributed by atoms with Crippen molar-refractivity contribution in [3.05, 3.63) is 29.8 Å². The van der Waals surface area contributed by atoms with Crippen molar-refractivity contribution in [2.45, 2.75) is 19.8 Å². The van der Waals surface area contributed by atoms with Gasteiger partial charge in [-0.2, -0.15) is 10.2 Å². The Bertz CT molecular complexity index is 596. The number of nitrogens with one attached hydrogen (secondary N) is 2. The highest BCUT2D eigenvalue weighted by molar-refractivity contribution is 6.11. The number of hydrazone groups is 2. The zero-order chi connectivity index (χ0) is 15.1. The quantitative estimate of drug-likeness (QED) is 0.599. The number of hydrogen-bond donors (Lipinski definition) is 2. The van der Waals surface area contributed by atoms with Crippen LogP contribution in [0.1, 0.15) is 25.3 Å². The Morgan fingerprint density at radius 2 is 2.33 bits per heavy atom. The zero-order valence-corrected chi connectivity index (χ0v) is 11.6. The summed E-state index contributed by atoms with van der Waals surface area (Å²) >= 11 is 0. The first kappa shape index (κ1) is 14.7. The summed E-state index contributed by atoms with van der Waals surface area (Å²) in [5.41, 5.74) is 5.96. The summed E-state index contributed by atoms with van der Waals surface area (Å²) in [6.07, 6.45) is 1.72. The fourth-order valence-corrected chi connectivity index (χ4v) is 1.78. The largest absolute Gasteiger partial charge is 0.493 e. The van der Waals surface area contributed by atoms with Gasteiger partial charge in [-0.1, -0.05) is 12.1 Å². The number of amides is 2. The fraction of sp³-hybridized carbons (Fsp3) is 0.286. The molecule has 7 nitrogen and oxygen atoms in total. The van der Waals surface area contributed by atoms with Crippen LogP contribution >= 0.6 is 0 Å². The van der Waals surface area contributed by atoms with E-state index in [0.29, 0.717) is 18.1 Å². The maximum absolute atomic E-state index is 11.6. The Morgan fingerprint density at radius 1 is 1.52 bits per heavy atom. The molecule has 110 valence electrons. The normalized spacial score (nSPS) is 14.0. The SMILES string of the molecule is CCOc1ccccc1/C=N/NC(=O)CC1=NNC(=O)C1. The van der Waals surface area contributed by atoms with Gasteiger partial charge in [-0.25, -0.2) is 10.9 Å². The summed E-state index contributed by atoms with van der Waals surface area (Å²) < 4.78 is 5.45. The van der Waals surface area contributed by atoms with Gasteiger partial charge in [-0.05, 0) is 19.1 Å². The Kier molecular flexibility index (Phi) is 5.03. The molecule has 0 fully saturated rings. The zero-order valence-electron chi connectivity index (χ0n) is 11.6. The van der Waals surface area contributed by atoms with Crippen LogP contribution in [-0.2, 0) is 9.59 Å². The number of nitrogens with zero attached hydrogens (tertiary/aromatic N) is 2. The molecule has 0 spiro atoms. The minimum absolute atomic E-state index is 0.0448. The Labute approximate surface area is 122 Å². The van der Waals surface area contributed by atoms with Gasteiger partial charge in [0.05, 0.1) is 31.4 Å². The van der Waals surface area contributed by atoms with E-state index in [4.69, 9.17) is 4.74 Å². The van der Waals surface area contributed by atoms with Gasteiger partial charge in [-0.3, -0.25) is 9.59 Å². The Balaban J connectivity index is 1.87. The average molecular weight is 288 g/mol. The number of benzene rings is 1. The Morgan fingerprint density at radius 3 is 3.05 bits per heavy atom. The van der Waals surface area contributed by atoms with E-state index >= 15 is 0 Å². The van der Waals surface area contributed by atoms with Crippen LogP contribution in [0.25, 0.3) is 0 Å². The second-order valence-electron chi connectivity index (χ2n) is 4.33. The van der Waals surface area contributed by atoms with Crippen molar-refractivity contribution in [3.8, 4) is 5.75 Å². The van der Waals surface area contributed by atoms with Gasteiger partial charge in [0.15, 0.2) is 0 Å². The molecule has 2 N–H and O–H groups in total. The third kappa shape index (κ3) is 4.41. The van der Waals surface area contributed by atoms with Crippen LogP contribution in [0.4, 0.5) is 0 Å². The Hall–Kier alpha value is -2.70. The van der Waals surface area contributed by atoms with E-state index in [1.165, 1.54) is 6.21 Å². The molecule has 1 aromatic carbocycles. The van der Waals surface area contributed by atoms with Gasteiger partial charge in [0.25, 0.3) is 0 Å². The van der Waals surface area contributed by atoms with Crippen LogP contribution in [0.2, 0.25) is 0 Å². The van der Waals surface area contributed by atoms with Crippen LogP contribution in [0, 0.1) is 0 Å². The molecule has 1 heterocycles. The molecule has 0 saturated carbocycles. The maximum Gasteiger partial charge on any atom is 0.245 e. The van der Waals surface area contributed by atoms with E-state index in [0.717, 1.165) is 5.56 Å². The molecule has 2 rings (SSSR count). The molecule has 0 radical (unpaired) electrons. The van der Waals surface area contributed by atoms with Crippen LogP contribution in [0.3, 0.4) is 0 Å². The number of ether oxygens (including phenoxy) is 1. The van der Waals surface area contributed by atoms with Crippen LogP contribution in [0.5, 0.6) is 5.75 Å². The molecule has 7 heteroatoms. The molecular weight excluding hydrogens is 272 g/mol. The molecule has 0 atom stereocenters. The van der Waals surface area contributed by atoms with Gasteiger partial charge < -0.3 is 4.74 Å². The lowest BCUT2D eigenvalue weighted by molar-refractivity contribution is -0.119. The van der Waals surface area contributed by atoms with Crippen molar-refractivity contribution in [2.24, 2.45) is 10.2 Å². The molecule has 0 unspecified atom stereocenters. The van der Waals surface area contributed by atoms with Gasteiger partial charge in [0.1, 0.15) is 5.75 Å². The van der Waals surface area contributed by atoms with Crippen molar-refractivity contribution >= 4 is 23.7 Å². The summed E-state index contributed by atoms with van der Waals surface area (Å²) in [7, 11) is 0. The monoisotopic (exact) mass is 288 g/mol. The summed E-state index contributed by atoms with van der Waals surface area (Å²) in [4.78, 5) is 22.6. The van der Waals surface area contributed by atoms with Crippen molar-refractivity contribution in [1.82, 2.24) is 10.9 Å². The number of carbonyl (C=O) groups is 2. The average Bonchev–Trinajstić information content (AvgIpc) is 2.86. The highest BCUT2D eigenvalue weighted by Gasteiger charge is 2.16. The van der Waals surface area contributed by atoms with Crippen molar-refractivity contribution in [3.63, 3.8) is 0 Å². The summed E-state index contributed by atoms with van der Waals surface area (Å²) in [6, 6.07) is 7.39. The lowest BCUT2D eigenvalue weighted by atomic mass is 10.2. The fourth-order valence-electron chi connectivity index (χ4n) is 1.78. The molecule has 0 saturated heterocycles. The minimum atomic E-state index is -0.324. The highest BCUT2D eigenvalue weighted by Crippen LogP contribution is 2.15. The molecule has 0 bridgehead atoms. The topological polar surface area (TPSA) is 92.2 Å². The first-order valence-electron chi connectivity index (χ1n) is 6.57. The van der Waals surface area contributed by atoms with Gasteiger partial charge in [-0.15, -0.1) is 0 Å². The second kappa shape index (κ2) is 7.18. The molecule has 1 aromatic rings. The van der Waals surface area contributed by atoms with E-state index in [2.05, 4.69) is 21.1 Å². The molecule has 0 aromatic heterocycles. The van der Waals surface area contributed by atoms with E-state index in [-0.39, 0.29) is 24.7 Å². The second-order valence-corrected chi connectivity index (χ2v) is 4.33. The highest BCUT2D eigenvalue weighted by atomic mass is 16.5. The maximum atomic E-state index is 11.6. The van der Waals surface area contributed by atoms with Crippen LogP contribution < -0.4 is 15.6 Å². The summed E-state index contributed by atoms with van der Waals surface area (Å²) in [5.74, 6) is 0.176. The van der Waals surface area contributed by atoms with Gasteiger partial charge >= 0.3 is 0 Å². The molecule has 1 aliphatic heterocycles. The van der Waals surface area contributed by atoms with E-state index < -0.39 is 0 Å². The first-order chi connectivity index (χ1) is 10.2. The smallest absolute Gasteiger partial charge is 0.245 e. The predicted molar refractivity (Wildman–Crippen MR) is 78.2 cm³/mol. The number of para-hydroxylation sites is 1. The molecule has 1 aliphatic rings. The molecule has 21 heavy (non-hydrogen) atoms. The minimum Gasteiger partial charge on any atom is -0.493 e. The van der Waals surface area contributed by atoms with Gasteiger partial charge in [0.2, 0.25) is 11.8 Å². The summed E-state index contributed by atoms with van der Waals surface area (Å²) in [6.45, 7) is 2.45. The lowest BCUT2D eigenvalue weighted by Gasteiger charge is -2.05. The lowest BCUT2D eigenvalue weighted by Crippen LogP contribution is -2.20. The third-order valence-corrected chi connectivity index (χ3v) is 2.68. The van der Waals surface area contributed by atoms with Crippen molar-refractivity contribution in [1.29, 1.82) is 0 Å². The molecular formula is C14H16N4O3. The third-order valence-electron chi connectivity index (χ3n) is 2.68. The predicted octanol–water partition coefficient (Wildman–Crippen LogP) is 0.801. The number of carbonyl (C=O) groups excluding carboxylic acids is 2. The van der Waals surface area contributed by atoms with Crippen LogP contribution in [-0.4, -0.2) is 30.3 Å². The van der Waals surface area contributed by atoms with Crippen molar-refractivity contribution < 1.29 is 14.3 Å². The standard InChI is InChI=1S/C14H16N4O3/c1-2-21-12-6-4-3-5-10(12)9-15-17-13(19)7-11-8-14(20)18-16-11/h3-6,9H,2,7-8H2,1H3,(H,17,19)(H,18,20)/b15-9+. The molecule has 2 amide bonds. The number of rotatable bonds is 6. The van der Waals surface area contributed by atoms with Gasteiger partial charge in [0, 0.05) is 5.56 Å². The molecule has 0 aliphatic carbocycles. The summed E-state index contributed by atoms with van der Waals surface area (Å²) in [5, 5.41) is 7.63.